The van der Waals surface area contributed by atoms with Gasteiger partial charge in [0.05, 0.1) is 0 Å². The molecule has 0 atom stereocenters. The largest absolute Gasteiger partial charge is 0.366 e. The summed E-state index contributed by atoms with van der Waals surface area (Å²) in [5, 5.41) is 6.04. The van der Waals surface area contributed by atoms with Crippen LogP contribution in [-0.2, 0) is 6.54 Å². The van der Waals surface area contributed by atoms with Gasteiger partial charge in [-0.15, -0.1) is 0 Å². The number of aryl methyl sites for hydroxylation is 1. The molecule has 0 saturated heterocycles. The van der Waals surface area contributed by atoms with Gasteiger partial charge in [-0.25, -0.2) is 9.97 Å². The predicted molar refractivity (Wildman–Crippen MR) is 103 cm³/mol. The first kappa shape index (κ1) is 17.1. The van der Waals surface area contributed by atoms with Crippen LogP contribution in [0.5, 0.6) is 0 Å². The molecule has 3 rings (SSSR count). The van der Waals surface area contributed by atoms with Crippen molar-refractivity contribution in [2.24, 2.45) is 0 Å². The number of aromatic nitrogens is 2. The fourth-order valence-corrected chi connectivity index (χ4v) is 2.75. The molecule has 0 radical (unpaired) electrons. The van der Waals surface area contributed by atoms with E-state index in [1.165, 1.54) is 11.9 Å². The minimum Gasteiger partial charge on any atom is -0.366 e. The Hall–Kier alpha value is -2.73. The molecule has 0 saturated carbocycles. The van der Waals surface area contributed by atoms with Crippen LogP contribution in [0.15, 0.2) is 65.4 Å². The minimum absolute atomic E-state index is 0.279. The molecule has 0 unspecified atom stereocenters. The Bertz CT molecular complexity index is 898. The highest BCUT2D eigenvalue weighted by atomic mass is 79.9. The SMILES string of the molecule is Cc1cccc(CNc2cc(C(=O)Nc3cccc(Br)c3)ncn2)c1. The van der Waals surface area contributed by atoms with Gasteiger partial charge in [0.25, 0.3) is 5.91 Å². The van der Waals surface area contributed by atoms with Crippen molar-refractivity contribution in [3.05, 3.63) is 82.2 Å². The van der Waals surface area contributed by atoms with E-state index in [9.17, 15) is 4.79 Å². The van der Waals surface area contributed by atoms with Crippen molar-refractivity contribution in [2.45, 2.75) is 13.5 Å². The number of benzene rings is 2. The van der Waals surface area contributed by atoms with Crippen molar-refractivity contribution in [1.29, 1.82) is 0 Å². The molecule has 1 aromatic heterocycles. The van der Waals surface area contributed by atoms with E-state index >= 15 is 0 Å². The van der Waals surface area contributed by atoms with Gasteiger partial charge in [-0.1, -0.05) is 51.8 Å². The maximum absolute atomic E-state index is 12.4. The molecule has 3 aromatic rings. The highest BCUT2D eigenvalue weighted by molar-refractivity contribution is 9.10. The predicted octanol–water partition coefficient (Wildman–Crippen LogP) is 4.41. The lowest BCUT2D eigenvalue weighted by Crippen LogP contribution is -2.14. The summed E-state index contributed by atoms with van der Waals surface area (Å²) < 4.78 is 0.897. The first-order chi connectivity index (χ1) is 12.1. The zero-order valence-electron chi connectivity index (χ0n) is 13.7. The lowest BCUT2D eigenvalue weighted by molar-refractivity contribution is 0.102. The molecule has 1 amide bonds. The molecule has 0 spiro atoms. The van der Waals surface area contributed by atoms with Crippen molar-refractivity contribution < 1.29 is 4.79 Å². The van der Waals surface area contributed by atoms with Gasteiger partial charge in [0.1, 0.15) is 17.8 Å². The quantitative estimate of drug-likeness (QED) is 0.669. The molecular weight excluding hydrogens is 380 g/mol. The van der Waals surface area contributed by atoms with Gasteiger partial charge in [-0.05, 0) is 30.7 Å². The van der Waals surface area contributed by atoms with Gasteiger partial charge in [0, 0.05) is 22.8 Å². The Labute approximate surface area is 154 Å². The number of carbonyl (C=O) groups excluding carboxylic acids is 1. The van der Waals surface area contributed by atoms with Gasteiger partial charge in [-0.3, -0.25) is 4.79 Å². The van der Waals surface area contributed by atoms with E-state index in [2.05, 4.69) is 55.6 Å². The molecule has 126 valence electrons. The molecule has 2 N–H and O–H groups in total. The molecule has 0 aliphatic carbocycles. The topological polar surface area (TPSA) is 66.9 Å². The monoisotopic (exact) mass is 396 g/mol. The maximum atomic E-state index is 12.4. The second-order valence-corrected chi connectivity index (χ2v) is 6.51. The summed E-state index contributed by atoms with van der Waals surface area (Å²) in [7, 11) is 0. The highest BCUT2D eigenvalue weighted by Crippen LogP contribution is 2.16. The number of rotatable bonds is 5. The molecule has 0 bridgehead atoms. The third-order valence-corrected chi connectivity index (χ3v) is 4.03. The lowest BCUT2D eigenvalue weighted by atomic mass is 10.1. The fourth-order valence-electron chi connectivity index (χ4n) is 2.35. The second kappa shape index (κ2) is 7.90. The summed E-state index contributed by atoms with van der Waals surface area (Å²) in [4.78, 5) is 20.6. The van der Waals surface area contributed by atoms with Crippen LogP contribution in [0.2, 0.25) is 0 Å². The van der Waals surface area contributed by atoms with Crippen LogP contribution in [0.3, 0.4) is 0 Å². The number of nitrogens with one attached hydrogen (secondary N) is 2. The Morgan fingerprint density at radius 3 is 2.72 bits per heavy atom. The maximum Gasteiger partial charge on any atom is 0.274 e. The number of halogens is 1. The van der Waals surface area contributed by atoms with Crippen molar-refractivity contribution in [2.75, 3.05) is 10.6 Å². The first-order valence-corrected chi connectivity index (χ1v) is 8.58. The van der Waals surface area contributed by atoms with Gasteiger partial charge in [-0.2, -0.15) is 0 Å². The van der Waals surface area contributed by atoms with Gasteiger partial charge >= 0.3 is 0 Å². The van der Waals surface area contributed by atoms with Crippen LogP contribution in [0.1, 0.15) is 21.6 Å². The number of anilines is 2. The second-order valence-electron chi connectivity index (χ2n) is 5.60. The summed E-state index contributed by atoms with van der Waals surface area (Å²) in [6.07, 6.45) is 1.38. The molecule has 0 aliphatic rings. The summed E-state index contributed by atoms with van der Waals surface area (Å²) in [5.74, 6) is 0.329. The molecule has 1 heterocycles. The molecule has 0 fully saturated rings. The minimum atomic E-state index is -0.279. The Kier molecular flexibility index (Phi) is 5.40. The zero-order chi connectivity index (χ0) is 17.6. The van der Waals surface area contributed by atoms with E-state index in [1.807, 2.05) is 36.4 Å². The van der Waals surface area contributed by atoms with Crippen molar-refractivity contribution >= 4 is 33.3 Å². The Morgan fingerprint density at radius 2 is 1.92 bits per heavy atom. The molecule has 5 nitrogen and oxygen atoms in total. The third-order valence-electron chi connectivity index (χ3n) is 3.54. The lowest BCUT2D eigenvalue weighted by Gasteiger charge is -2.08. The summed E-state index contributed by atoms with van der Waals surface area (Å²) in [6.45, 7) is 2.68. The average molecular weight is 397 g/mol. The van der Waals surface area contributed by atoms with E-state index < -0.39 is 0 Å². The van der Waals surface area contributed by atoms with Crippen LogP contribution in [0, 0.1) is 6.92 Å². The fraction of sp³-hybridized carbons (Fsp3) is 0.105. The normalized spacial score (nSPS) is 10.3. The zero-order valence-corrected chi connectivity index (χ0v) is 15.2. The Balaban J connectivity index is 1.67. The highest BCUT2D eigenvalue weighted by Gasteiger charge is 2.09. The van der Waals surface area contributed by atoms with Crippen LogP contribution in [0.25, 0.3) is 0 Å². The van der Waals surface area contributed by atoms with E-state index in [0.29, 0.717) is 23.7 Å². The third kappa shape index (κ3) is 4.87. The van der Waals surface area contributed by atoms with E-state index in [0.717, 1.165) is 10.0 Å². The molecule has 6 heteroatoms. The van der Waals surface area contributed by atoms with Gasteiger partial charge < -0.3 is 10.6 Å². The summed E-state index contributed by atoms with van der Waals surface area (Å²) in [5.41, 5.74) is 3.36. The van der Waals surface area contributed by atoms with Crippen molar-refractivity contribution in [1.82, 2.24) is 9.97 Å². The van der Waals surface area contributed by atoms with Crippen LogP contribution < -0.4 is 10.6 Å². The Morgan fingerprint density at radius 1 is 1.08 bits per heavy atom. The average Bonchev–Trinajstić information content (AvgIpc) is 2.60. The summed E-state index contributed by atoms with van der Waals surface area (Å²) in [6, 6.07) is 17.3. The number of carbonyl (C=O) groups is 1. The summed E-state index contributed by atoms with van der Waals surface area (Å²) >= 11 is 3.38. The number of amides is 1. The van der Waals surface area contributed by atoms with Gasteiger partial charge in [0.2, 0.25) is 0 Å². The van der Waals surface area contributed by atoms with E-state index in [4.69, 9.17) is 0 Å². The first-order valence-electron chi connectivity index (χ1n) is 7.78. The standard InChI is InChI=1S/C19H17BrN4O/c1-13-4-2-5-14(8-13)11-21-18-10-17(22-12-23-18)19(25)24-16-7-3-6-15(20)9-16/h2-10,12H,11H2,1H3,(H,24,25)(H,21,22,23). The van der Waals surface area contributed by atoms with E-state index in [1.54, 1.807) is 6.07 Å². The molecule has 25 heavy (non-hydrogen) atoms. The number of hydrogen-bond donors (Lipinski definition) is 2. The van der Waals surface area contributed by atoms with Gasteiger partial charge in [0.15, 0.2) is 0 Å². The van der Waals surface area contributed by atoms with Crippen molar-refractivity contribution in [3.63, 3.8) is 0 Å². The number of hydrogen-bond acceptors (Lipinski definition) is 4. The van der Waals surface area contributed by atoms with E-state index in [-0.39, 0.29) is 5.91 Å². The number of nitrogens with zero attached hydrogens (tertiary/aromatic N) is 2. The molecule has 2 aromatic carbocycles. The van der Waals surface area contributed by atoms with Crippen molar-refractivity contribution in [3.8, 4) is 0 Å². The molecular formula is C19H17BrN4O. The smallest absolute Gasteiger partial charge is 0.274 e. The van der Waals surface area contributed by atoms with Crippen LogP contribution in [-0.4, -0.2) is 15.9 Å². The van der Waals surface area contributed by atoms with Crippen LogP contribution in [0.4, 0.5) is 11.5 Å². The molecule has 0 aliphatic heterocycles. The van der Waals surface area contributed by atoms with Crippen LogP contribution >= 0.6 is 15.9 Å².